The number of nitrogens with zero attached hydrogens (tertiary/aromatic N) is 3. The van der Waals surface area contributed by atoms with Crippen LogP contribution in [0.2, 0.25) is 5.02 Å². The summed E-state index contributed by atoms with van der Waals surface area (Å²) in [5, 5.41) is 8.88. The summed E-state index contributed by atoms with van der Waals surface area (Å²) >= 11 is 7.35. The third-order valence-corrected chi connectivity index (χ3v) is 4.79. The van der Waals surface area contributed by atoms with Crippen LogP contribution in [-0.2, 0) is 4.79 Å². The number of carbonyl (C=O) groups excluding carboxylic acids is 1. The van der Waals surface area contributed by atoms with Gasteiger partial charge in [-0.05, 0) is 25.0 Å². The molecule has 0 radical (unpaired) electrons. The van der Waals surface area contributed by atoms with E-state index in [2.05, 4.69) is 16.8 Å². The number of aromatic nitrogens is 2. The van der Waals surface area contributed by atoms with Crippen molar-refractivity contribution in [2.24, 2.45) is 0 Å². The molecular formula is C16H16ClN3O2S. The van der Waals surface area contributed by atoms with Gasteiger partial charge < -0.3 is 9.32 Å². The van der Waals surface area contributed by atoms with Crippen molar-refractivity contribution in [3.8, 4) is 11.5 Å². The number of piperidine rings is 1. The molecule has 7 heteroatoms. The Hall–Kier alpha value is -1.79. The monoisotopic (exact) mass is 349 g/mol. The van der Waals surface area contributed by atoms with Gasteiger partial charge >= 0.3 is 0 Å². The maximum Gasteiger partial charge on any atom is 0.277 e. The summed E-state index contributed by atoms with van der Waals surface area (Å²) in [7, 11) is 0. The van der Waals surface area contributed by atoms with Crippen LogP contribution in [0.15, 0.2) is 46.1 Å². The maximum absolute atomic E-state index is 12.2. The second-order valence-electron chi connectivity index (χ2n) is 5.27. The lowest BCUT2D eigenvalue weighted by molar-refractivity contribution is -0.128. The van der Waals surface area contributed by atoms with Gasteiger partial charge in [-0.3, -0.25) is 4.79 Å². The molecule has 0 bridgehead atoms. The Morgan fingerprint density at radius 3 is 2.78 bits per heavy atom. The maximum atomic E-state index is 12.2. The third-order valence-electron chi connectivity index (χ3n) is 3.65. The van der Waals surface area contributed by atoms with E-state index in [0.717, 1.165) is 25.9 Å². The van der Waals surface area contributed by atoms with Crippen molar-refractivity contribution in [3.63, 3.8) is 0 Å². The molecule has 5 nitrogen and oxygen atoms in total. The fourth-order valence-electron chi connectivity index (χ4n) is 2.30. The number of amides is 1. The lowest BCUT2D eigenvalue weighted by atomic mass is 10.1. The molecule has 1 aliphatic heterocycles. The van der Waals surface area contributed by atoms with Crippen LogP contribution in [0.25, 0.3) is 11.5 Å². The zero-order chi connectivity index (χ0) is 16.2. The fraction of sp³-hybridized carbons (Fsp3) is 0.312. The SMILES string of the molecule is C=C1CCN(C(=O)CSc2nnc(-c3ccccc3Cl)o2)CC1. The molecule has 0 unspecified atom stereocenters. The van der Waals surface area contributed by atoms with E-state index >= 15 is 0 Å². The van der Waals surface area contributed by atoms with E-state index < -0.39 is 0 Å². The molecular weight excluding hydrogens is 334 g/mol. The van der Waals surface area contributed by atoms with Crippen LogP contribution in [0.4, 0.5) is 0 Å². The molecule has 0 spiro atoms. The van der Waals surface area contributed by atoms with Crippen LogP contribution < -0.4 is 0 Å². The first kappa shape index (κ1) is 16.1. The van der Waals surface area contributed by atoms with E-state index in [1.54, 1.807) is 6.07 Å². The lowest BCUT2D eigenvalue weighted by Gasteiger charge is -2.27. The van der Waals surface area contributed by atoms with Gasteiger partial charge in [0.05, 0.1) is 16.3 Å². The minimum atomic E-state index is 0.0833. The minimum absolute atomic E-state index is 0.0833. The van der Waals surface area contributed by atoms with E-state index in [1.165, 1.54) is 17.3 Å². The van der Waals surface area contributed by atoms with E-state index in [9.17, 15) is 4.79 Å². The summed E-state index contributed by atoms with van der Waals surface area (Å²) < 4.78 is 5.58. The summed E-state index contributed by atoms with van der Waals surface area (Å²) in [5.74, 6) is 0.733. The second-order valence-corrected chi connectivity index (χ2v) is 6.61. The van der Waals surface area contributed by atoms with Gasteiger partial charge in [0.15, 0.2) is 0 Å². The molecule has 23 heavy (non-hydrogen) atoms. The molecule has 0 saturated carbocycles. The van der Waals surface area contributed by atoms with Crippen LogP contribution in [0, 0.1) is 0 Å². The van der Waals surface area contributed by atoms with Crippen molar-refractivity contribution < 1.29 is 9.21 Å². The summed E-state index contributed by atoms with van der Waals surface area (Å²) in [6.45, 7) is 5.44. The Labute approximate surface area is 143 Å². The Bertz CT molecular complexity index is 722. The molecule has 1 amide bonds. The van der Waals surface area contributed by atoms with Gasteiger partial charge in [0.2, 0.25) is 11.8 Å². The smallest absolute Gasteiger partial charge is 0.277 e. The molecule has 0 N–H and O–H groups in total. The lowest BCUT2D eigenvalue weighted by Crippen LogP contribution is -2.37. The number of likely N-dealkylation sites (tertiary alicyclic amines) is 1. The van der Waals surface area contributed by atoms with Crippen LogP contribution in [0.1, 0.15) is 12.8 Å². The molecule has 1 aliphatic rings. The van der Waals surface area contributed by atoms with E-state index in [-0.39, 0.29) is 11.7 Å². The quantitative estimate of drug-likeness (QED) is 0.622. The second kappa shape index (κ2) is 7.19. The zero-order valence-corrected chi connectivity index (χ0v) is 14.1. The molecule has 0 atom stereocenters. The Balaban J connectivity index is 1.58. The van der Waals surface area contributed by atoms with Crippen molar-refractivity contribution in [3.05, 3.63) is 41.4 Å². The third kappa shape index (κ3) is 3.95. The molecule has 2 heterocycles. The topological polar surface area (TPSA) is 59.2 Å². The van der Waals surface area contributed by atoms with Crippen molar-refractivity contribution in [1.82, 2.24) is 15.1 Å². The number of thioether (sulfide) groups is 1. The van der Waals surface area contributed by atoms with Crippen molar-refractivity contribution >= 4 is 29.3 Å². The number of rotatable bonds is 4. The Kier molecular flexibility index (Phi) is 5.03. The first-order chi connectivity index (χ1) is 11.1. The van der Waals surface area contributed by atoms with Crippen LogP contribution in [0.3, 0.4) is 0 Å². The average Bonchev–Trinajstić information content (AvgIpc) is 3.02. The Morgan fingerprint density at radius 2 is 2.04 bits per heavy atom. The van der Waals surface area contributed by atoms with Gasteiger partial charge in [-0.1, -0.05) is 47.6 Å². The number of halogens is 1. The molecule has 0 aliphatic carbocycles. The molecule has 120 valence electrons. The average molecular weight is 350 g/mol. The van der Waals surface area contributed by atoms with Crippen molar-refractivity contribution in [2.45, 2.75) is 18.1 Å². The highest BCUT2D eigenvalue weighted by Gasteiger charge is 2.19. The zero-order valence-electron chi connectivity index (χ0n) is 12.5. The van der Waals surface area contributed by atoms with E-state index in [1.807, 2.05) is 23.1 Å². The largest absolute Gasteiger partial charge is 0.411 e. The van der Waals surface area contributed by atoms with Crippen LogP contribution >= 0.6 is 23.4 Å². The number of hydrogen-bond acceptors (Lipinski definition) is 5. The summed E-state index contributed by atoms with van der Waals surface area (Å²) in [6.07, 6.45) is 1.77. The van der Waals surface area contributed by atoms with Crippen LogP contribution in [0.5, 0.6) is 0 Å². The van der Waals surface area contributed by atoms with Gasteiger partial charge in [0.1, 0.15) is 0 Å². The minimum Gasteiger partial charge on any atom is -0.411 e. The summed E-state index contributed by atoms with van der Waals surface area (Å²) in [4.78, 5) is 14.0. The van der Waals surface area contributed by atoms with Gasteiger partial charge in [0, 0.05) is 13.1 Å². The highest BCUT2D eigenvalue weighted by atomic mass is 35.5. The number of carbonyl (C=O) groups is 1. The highest BCUT2D eigenvalue weighted by Crippen LogP contribution is 2.28. The normalized spacial score (nSPS) is 15.0. The first-order valence-corrected chi connectivity index (χ1v) is 8.65. The van der Waals surface area contributed by atoms with E-state index in [0.29, 0.717) is 21.7 Å². The van der Waals surface area contributed by atoms with E-state index in [4.69, 9.17) is 16.0 Å². The summed E-state index contributed by atoms with van der Waals surface area (Å²) in [6, 6.07) is 7.27. The molecule has 3 rings (SSSR count). The first-order valence-electron chi connectivity index (χ1n) is 7.29. The van der Waals surface area contributed by atoms with Gasteiger partial charge in [-0.15, -0.1) is 10.2 Å². The molecule has 1 fully saturated rings. The highest BCUT2D eigenvalue weighted by molar-refractivity contribution is 7.99. The van der Waals surface area contributed by atoms with Gasteiger partial charge in [-0.25, -0.2) is 0 Å². The predicted octanol–water partition coefficient (Wildman–Crippen LogP) is 3.66. The number of benzene rings is 1. The van der Waals surface area contributed by atoms with Crippen LogP contribution in [-0.4, -0.2) is 39.8 Å². The fourth-order valence-corrected chi connectivity index (χ4v) is 3.18. The molecule has 1 aromatic heterocycles. The predicted molar refractivity (Wildman–Crippen MR) is 90.4 cm³/mol. The van der Waals surface area contributed by atoms with Crippen molar-refractivity contribution in [1.29, 1.82) is 0 Å². The van der Waals surface area contributed by atoms with Crippen molar-refractivity contribution in [2.75, 3.05) is 18.8 Å². The summed E-state index contributed by atoms with van der Waals surface area (Å²) in [5.41, 5.74) is 1.90. The van der Waals surface area contributed by atoms with Gasteiger partial charge in [-0.2, -0.15) is 0 Å². The molecule has 1 saturated heterocycles. The van der Waals surface area contributed by atoms with Gasteiger partial charge in [0.25, 0.3) is 5.22 Å². The number of hydrogen-bond donors (Lipinski definition) is 0. The molecule has 1 aromatic carbocycles. The Morgan fingerprint density at radius 1 is 1.30 bits per heavy atom. The molecule has 2 aromatic rings. The standard InChI is InChI=1S/C16H16ClN3O2S/c1-11-6-8-20(9-7-11)14(21)10-23-16-19-18-15(22-16)12-4-2-3-5-13(12)17/h2-5H,1,6-10H2.